The van der Waals surface area contributed by atoms with Crippen molar-refractivity contribution in [3.63, 3.8) is 0 Å². The fourth-order valence-corrected chi connectivity index (χ4v) is 3.02. The number of nitrogens with one attached hydrogen (secondary N) is 1. The first-order valence-corrected chi connectivity index (χ1v) is 6.88. The molecule has 0 amide bonds. The lowest BCUT2D eigenvalue weighted by Crippen LogP contribution is -2.33. The van der Waals surface area contributed by atoms with Crippen LogP contribution in [0.3, 0.4) is 0 Å². The van der Waals surface area contributed by atoms with Crippen LogP contribution in [0.1, 0.15) is 44.1 Å². The number of nitrogen functional groups attached to an aromatic ring is 1. The van der Waals surface area contributed by atoms with Crippen molar-refractivity contribution in [1.82, 2.24) is 5.32 Å². The second-order valence-electron chi connectivity index (χ2n) is 5.76. The van der Waals surface area contributed by atoms with E-state index in [2.05, 4.69) is 17.4 Å². The van der Waals surface area contributed by atoms with Gasteiger partial charge >= 0.3 is 0 Å². The van der Waals surface area contributed by atoms with Gasteiger partial charge in [-0.3, -0.25) is 0 Å². The molecular formula is C15H22N2. The summed E-state index contributed by atoms with van der Waals surface area (Å²) >= 11 is 0. The Balaban J connectivity index is 1.63. The molecule has 2 heteroatoms. The number of benzene rings is 1. The molecule has 0 aromatic heterocycles. The number of hydrogen-bond acceptors (Lipinski definition) is 2. The van der Waals surface area contributed by atoms with Gasteiger partial charge in [0.15, 0.2) is 0 Å². The maximum absolute atomic E-state index is 5.75. The molecule has 2 nitrogen and oxygen atoms in total. The highest BCUT2D eigenvalue weighted by Crippen LogP contribution is 2.47. The van der Waals surface area contributed by atoms with Crippen LogP contribution in [0.5, 0.6) is 0 Å². The Hall–Kier alpha value is -1.02. The SMILES string of the molecule is Nc1ccc(C2(CNC3CCCC3)CC2)cc1. The van der Waals surface area contributed by atoms with Crippen molar-refractivity contribution in [1.29, 1.82) is 0 Å². The van der Waals surface area contributed by atoms with Crippen LogP contribution < -0.4 is 11.1 Å². The van der Waals surface area contributed by atoms with Crippen molar-refractivity contribution >= 4 is 5.69 Å². The van der Waals surface area contributed by atoms with Crippen LogP contribution in [0.2, 0.25) is 0 Å². The maximum atomic E-state index is 5.75. The molecule has 0 atom stereocenters. The van der Waals surface area contributed by atoms with Gasteiger partial charge in [0.25, 0.3) is 0 Å². The second kappa shape index (κ2) is 4.34. The van der Waals surface area contributed by atoms with E-state index in [1.165, 1.54) is 44.1 Å². The summed E-state index contributed by atoms with van der Waals surface area (Å²) in [5.41, 5.74) is 8.51. The summed E-state index contributed by atoms with van der Waals surface area (Å²) in [4.78, 5) is 0. The predicted octanol–water partition coefficient (Wildman–Crippen LogP) is 2.83. The topological polar surface area (TPSA) is 38.0 Å². The van der Waals surface area contributed by atoms with Crippen LogP contribution in [-0.4, -0.2) is 12.6 Å². The van der Waals surface area contributed by atoms with Crippen molar-refractivity contribution in [2.75, 3.05) is 12.3 Å². The van der Waals surface area contributed by atoms with Gasteiger partial charge in [0.1, 0.15) is 0 Å². The monoisotopic (exact) mass is 230 g/mol. The predicted molar refractivity (Wildman–Crippen MR) is 72.0 cm³/mol. The van der Waals surface area contributed by atoms with Crippen LogP contribution >= 0.6 is 0 Å². The molecule has 0 aliphatic heterocycles. The van der Waals surface area contributed by atoms with Gasteiger partial charge in [0.2, 0.25) is 0 Å². The Morgan fingerprint density at radius 1 is 1.12 bits per heavy atom. The molecule has 92 valence electrons. The summed E-state index contributed by atoms with van der Waals surface area (Å²) in [6.45, 7) is 1.15. The number of hydrogen-bond donors (Lipinski definition) is 2. The quantitative estimate of drug-likeness (QED) is 0.781. The lowest BCUT2D eigenvalue weighted by atomic mass is 9.95. The highest BCUT2D eigenvalue weighted by molar-refractivity contribution is 5.43. The Labute approximate surface area is 104 Å². The van der Waals surface area contributed by atoms with E-state index in [-0.39, 0.29) is 0 Å². The zero-order valence-corrected chi connectivity index (χ0v) is 10.4. The summed E-state index contributed by atoms with van der Waals surface area (Å²) in [5.74, 6) is 0. The zero-order valence-electron chi connectivity index (χ0n) is 10.4. The summed E-state index contributed by atoms with van der Waals surface area (Å²) in [7, 11) is 0. The van der Waals surface area contributed by atoms with Crippen molar-refractivity contribution < 1.29 is 0 Å². The molecule has 0 heterocycles. The molecule has 2 fully saturated rings. The van der Waals surface area contributed by atoms with E-state index in [1.54, 1.807) is 0 Å². The average molecular weight is 230 g/mol. The van der Waals surface area contributed by atoms with E-state index >= 15 is 0 Å². The third kappa shape index (κ3) is 2.32. The first-order chi connectivity index (χ1) is 8.28. The van der Waals surface area contributed by atoms with Gasteiger partial charge in [-0.15, -0.1) is 0 Å². The molecule has 1 aromatic rings. The van der Waals surface area contributed by atoms with Crippen molar-refractivity contribution in [3.8, 4) is 0 Å². The lowest BCUT2D eigenvalue weighted by Gasteiger charge is -2.20. The van der Waals surface area contributed by atoms with Gasteiger partial charge in [0.05, 0.1) is 0 Å². The Morgan fingerprint density at radius 2 is 1.76 bits per heavy atom. The number of rotatable bonds is 4. The van der Waals surface area contributed by atoms with Crippen molar-refractivity contribution in [2.45, 2.75) is 50.0 Å². The van der Waals surface area contributed by atoms with Crippen molar-refractivity contribution in [3.05, 3.63) is 29.8 Å². The van der Waals surface area contributed by atoms with E-state index in [9.17, 15) is 0 Å². The summed E-state index contributed by atoms with van der Waals surface area (Å²) in [6, 6.07) is 9.26. The van der Waals surface area contributed by atoms with Crippen LogP contribution in [0.15, 0.2) is 24.3 Å². The number of anilines is 1. The molecule has 0 unspecified atom stereocenters. The van der Waals surface area contributed by atoms with Gasteiger partial charge in [0, 0.05) is 23.7 Å². The standard InChI is InChI=1S/C15H22N2/c16-13-7-5-12(6-8-13)15(9-10-15)11-17-14-3-1-2-4-14/h5-8,14,17H,1-4,9-11,16H2. The molecule has 17 heavy (non-hydrogen) atoms. The molecule has 2 aliphatic carbocycles. The molecule has 0 radical (unpaired) electrons. The van der Waals surface area contributed by atoms with E-state index in [1.807, 2.05) is 12.1 Å². The van der Waals surface area contributed by atoms with Crippen LogP contribution in [0.4, 0.5) is 5.69 Å². The minimum absolute atomic E-state index is 0.427. The van der Waals surface area contributed by atoms with Crippen LogP contribution in [0, 0.1) is 0 Å². The van der Waals surface area contributed by atoms with Gasteiger partial charge in [-0.2, -0.15) is 0 Å². The van der Waals surface area contributed by atoms with Gasteiger partial charge in [-0.05, 0) is 43.4 Å². The first-order valence-electron chi connectivity index (χ1n) is 6.88. The highest BCUT2D eigenvalue weighted by atomic mass is 14.9. The van der Waals surface area contributed by atoms with Gasteiger partial charge < -0.3 is 11.1 Å². The Kier molecular flexibility index (Phi) is 2.83. The number of nitrogens with two attached hydrogens (primary N) is 1. The molecular weight excluding hydrogens is 208 g/mol. The molecule has 0 spiro atoms. The summed E-state index contributed by atoms with van der Waals surface area (Å²) in [5, 5.41) is 3.77. The third-order valence-electron chi connectivity index (χ3n) is 4.46. The van der Waals surface area contributed by atoms with E-state index in [0.717, 1.165) is 18.3 Å². The second-order valence-corrected chi connectivity index (χ2v) is 5.76. The van der Waals surface area contributed by atoms with E-state index < -0.39 is 0 Å². The molecule has 3 rings (SSSR count). The third-order valence-corrected chi connectivity index (χ3v) is 4.46. The smallest absolute Gasteiger partial charge is 0.0314 e. The van der Waals surface area contributed by atoms with Crippen LogP contribution in [-0.2, 0) is 5.41 Å². The summed E-state index contributed by atoms with van der Waals surface area (Å²) in [6.07, 6.45) is 8.22. The molecule has 3 N–H and O–H groups in total. The largest absolute Gasteiger partial charge is 0.399 e. The van der Waals surface area contributed by atoms with Crippen LogP contribution in [0.25, 0.3) is 0 Å². The first kappa shape index (κ1) is 11.1. The minimum atomic E-state index is 0.427. The highest BCUT2D eigenvalue weighted by Gasteiger charge is 2.44. The van der Waals surface area contributed by atoms with Gasteiger partial charge in [-0.25, -0.2) is 0 Å². The Morgan fingerprint density at radius 3 is 2.35 bits per heavy atom. The minimum Gasteiger partial charge on any atom is -0.399 e. The maximum Gasteiger partial charge on any atom is 0.0314 e. The zero-order chi connectivity index (χ0) is 11.7. The molecule has 0 bridgehead atoms. The van der Waals surface area contributed by atoms with Crippen molar-refractivity contribution in [2.24, 2.45) is 0 Å². The molecule has 2 aliphatic rings. The Bertz CT molecular complexity index is 372. The molecule has 2 saturated carbocycles. The molecule has 1 aromatic carbocycles. The van der Waals surface area contributed by atoms with E-state index in [0.29, 0.717) is 5.41 Å². The lowest BCUT2D eigenvalue weighted by molar-refractivity contribution is 0.479. The normalized spacial score (nSPS) is 22.8. The average Bonchev–Trinajstić information content (AvgIpc) is 2.95. The van der Waals surface area contributed by atoms with Gasteiger partial charge in [-0.1, -0.05) is 25.0 Å². The fourth-order valence-electron chi connectivity index (χ4n) is 3.02. The fraction of sp³-hybridized carbons (Fsp3) is 0.600. The molecule has 0 saturated heterocycles. The summed E-state index contributed by atoms with van der Waals surface area (Å²) < 4.78 is 0. The van der Waals surface area contributed by atoms with E-state index in [4.69, 9.17) is 5.73 Å².